The maximum Gasteiger partial charge on any atom is 0.394 e. The smallest absolute Gasteiger partial charge is 0.358 e. The number of Topliss-reactive ketones (excluding diaryl/α,β-unsaturated/α-hetero) is 1. The number of thiazole rings is 1. The molecule has 0 aromatic carbocycles. The molecule has 0 atom stereocenters. The maximum absolute atomic E-state index is 10.7. The van der Waals surface area contributed by atoms with Gasteiger partial charge in [-0.1, -0.05) is 22.9 Å². The number of aromatic nitrogens is 1. The van der Waals surface area contributed by atoms with E-state index in [-0.39, 0.29) is 15.1 Å². The molecule has 0 N–H and O–H groups in total. The van der Waals surface area contributed by atoms with Gasteiger partial charge in [-0.25, -0.2) is 0 Å². The lowest BCUT2D eigenvalue weighted by molar-refractivity contribution is -0.388. The fourth-order valence-electron chi connectivity index (χ4n) is 0.557. The summed E-state index contributed by atoms with van der Waals surface area (Å²) >= 11 is 6.26. The van der Waals surface area contributed by atoms with Crippen LogP contribution in [0.2, 0.25) is 4.34 Å². The van der Waals surface area contributed by atoms with Gasteiger partial charge in [0.1, 0.15) is 0 Å². The quantitative estimate of drug-likeness (QED) is 0.421. The molecule has 1 aromatic heterocycles. The molecular formula is C5H3ClN2O3S. The van der Waals surface area contributed by atoms with Gasteiger partial charge in [-0.3, -0.25) is 4.79 Å². The zero-order chi connectivity index (χ0) is 9.30. The third-order valence-corrected chi connectivity index (χ3v) is 2.38. The van der Waals surface area contributed by atoms with E-state index >= 15 is 0 Å². The molecule has 0 amide bonds. The average Bonchev–Trinajstić information content (AvgIpc) is 2.30. The van der Waals surface area contributed by atoms with Crippen molar-refractivity contribution in [2.45, 2.75) is 6.92 Å². The number of carbonyl (C=O) groups is 1. The second-order valence-corrected chi connectivity index (χ2v) is 3.53. The Morgan fingerprint density at radius 2 is 2.33 bits per heavy atom. The van der Waals surface area contributed by atoms with Crippen LogP contribution in [-0.4, -0.2) is 15.7 Å². The first-order chi connectivity index (χ1) is 5.52. The third-order valence-electron chi connectivity index (χ3n) is 1.04. The molecule has 1 heterocycles. The van der Waals surface area contributed by atoms with Crippen molar-refractivity contribution >= 4 is 34.5 Å². The molecule has 5 nitrogen and oxygen atoms in total. The highest BCUT2D eigenvalue weighted by molar-refractivity contribution is 7.18. The zero-order valence-corrected chi connectivity index (χ0v) is 7.48. The van der Waals surface area contributed by atoms with Gasteiger partial charge in [0.2, 0.25) is 5.78 Å². The van der Waals surface area contributed by atoms with E-state index in [1.54, 1.807) is 0 Å². The Hall–Kier alpha value is -1.01. The Bertz CT molecular complexity index is 348. The van der Waals surface area contributed by atoms with Crippen LogP contribution < -0.4 is 0 Å². The molecule has 1 rings (SSSR count). The molecule has 0 spiro atoms. The van der Waals surface area contributed by atoms with Crippen molar-refractivity contribution < 1.29 is 9.72 Å². The van der Waals surface area contributed by atoms with Crippen LogP contribution >= 0.6 is 22.9 Å². The summed E-state index contributed by atoms with van der Waals surface area (Å²) in [4.78, 5) is 23.6. The average molecular weight is 207 g/mol. The fraction of sp³-hybridized carbons (Fsp3) is 0.200. The molecule has 0 saturated carbocycles. The Balaban J connectivity index is 3.17. The van der Waals surface area contributed by atoms with Crippen molar-refractivity contribution in [3.05, 3.63) is 19.5 Å². The van der Waals surface area contributed by atoms with E-state index in [0.29, 0.717) is 0 Å². The number of hydrogen-bond acceptors (Lipinski definition) is 5. The van der Waals surface area contributed by atoms with Crippen molar-refractivity contribution in [1.29, 1.82) is 0 Å². The van der Waals surface area contributed by atoms with Gasteiger partial charge in [0.25, 0.3) is 5.01 Å². The van der Waals surface area contributed by atoms with Gasteiger partial charge in [0.15, 0.2) is 4.34 Å². The normalized spacial score (nSPS) is 9.83. The number of nitro groups is 1. The van der Waals surface area contributed by atoms with Crippen LogP contribution in [-0.2, 0) is 0 Å². The van der Waals surface area contributed by atoms with Gasteiger partial charge in [-0.2, -0.15) is 0 Å². The summed E-state index contributed by atoms with van der Waals surface area (Å²) in [5.74, 6) is -0.776. The van der Waals surface area contributed by atoms with Crippen molar-refractivity contribution in [3.8, 4) is 0 Å². The van der Waals surface area contributed by atoms with E-state index in [2.05, 4.69) is 4.98 Å². The molecule has 0 aliphatic rings. The molecule has 0 unspecified atom stereocenters. The fourth-order valence-corrected chi connectivity index (χ4v) is 1.54. The van der Waals surface area contributed by atoms with Crippen LogP contribution in [0.15, 0.2) is 0 Å². The van der Waals surface area contributed by atoms with E-state index in [4.69, 9.17) is 11.6 Å². The Labute approximate surface area is 76.1 Å². The number of halogens is 1. The number of carbonyl (C=O) groups excluding carboxylic acids is 1. The molecule has 0 aliphatic carbocycles. The van der Waals surface area contributed by atoms with Gasteiger partial charge in [-0.05, 0) is 9.91 Å². The highest BCUT2D eigenvalue weighted by atomic mass is 35.5. The number of ketones is 1. The predicted octanol–water partition coefficient (Wildman–Crippen LogP) is 1.91. The summed E-state index contributed by atoms with van der Waals surface area (Å²) in [5, 5.41) is 10.3. The lowest BCUT2D eigenvalue weighted by Gasteiger charge is -1.84. The van der Waals surface area contributed by atoms with Crippen LogP contribution in [0.3, 0.4) is 0 Å². The minimum atomic E-state index is -0.717. The molecule has 64 valence electrons. The molecule has 0 fully saturated rings. The van der Waals surface area contributed by atoms with E-state index in [9.17, 15) is 14.9 Å². The van der Waals surface area contributed by atoms with Crippen LogP contribution in [0, 0.1) is 10.1 Å². The van der Waals surface area contributed by atoms with Crippen molar-refractivity contribution in [3.63, 3.8) is 0 Å². The molecule has 1 aromatic rings. The topological polar surface area (TPSA) is 73.1 Å². The Morgan fingerprint density at radius 1 is 1.75 bits per heavy atom. The molecule has 0 radical (unpaired) electrons. The summed E-state index contributed by atoms with van der Waals surface area (Å²) in [6.07, 6.45) is 0. The molecule has 0 saturated heterocycles. The lowest BCUT2D eigenvalue weighted by atomic mass is 10.5. The number of hydrogen-bond donors (Lipinski definition) is 0. The van der Waals surface area contributed by atoms with Gasteiger partial charge in [-0.15, -0.1) is 0 Å². The zero-order valence-electron chi connectivity index (χ0n) is 5.91. The van der Waals surface area contributed by atoms with Crippen molar-refractivity contribution in [2.24, 2.45) is 0 Å². The summed E-state index contributed by atoms with van der Waals surface area (Å²) in [7, 11) is 0. The largest absolute Gasteiger partial charge is 0.394 e. The SMILES string of the molecule is CC(=O)c1nc([N+](=O)[O-])c(Cl)s1. The van der Waals surface area contributed by atoms with Crippen molar-refractivity contribution in [2.75, 3.05) is 0 Å². The maximum atomic E-state index is 10.7. The van der Waals surface area contributed by atoms with E-state index < -0.39 is 10.7 Å². The highest BCUT2D eigenvalue weighted by Gasteiger charge is 2.23. The first-order valence-electron chi connectivity index (χ1n) is 2.84. The summed E-state index contributed by atoms with van der Waals surface area (Å²) in [6.45, 7) is 1.28. The Morgan fingerprint density at radius 3 is 2.58 bits per heavy atom. The second-order valence-electron chi connectivity index (χ2n) is 1.93. The minimum Gasteiger partial charge on any atom is -0.358 e. The number of nitrogens with zero attached hydrogens (tertiary/aromatic N) is 2. The molecule has 0 bridgehead atoms. The van der Waals surface area contributed by atoms with Gasteiger partial charge in [0, 0.05) is 6.92 Å². The first kappa shape index (κ1) is 9.08. The van der Waals surface area contributed by atoms with E-state index in [0.717, 1.165) is 11.3 Å². The van der Waals surface area contributed by atoms with Crippen LogP contribution in [0.1, 0.15) is 16.7 Å². The van der Waals surface area contributed by atoms with Gasteiger partial charge < -0.3 is 10.1 Å². The molecular weight excluding hydrogens is 204 g/mol. The predicted molar refractivity (Wildman–Crippen MR) is 43.8 cm³/mol. The first-order valence-corrected chi connectivity index (χ1v) is 4.03. The summed E-state index contributed by atoms with van der Waals surface area (Å²) < 4.78 is -0.0646. The van der Waals surface area contributed by atoms with E-state index in [1.807, 2.05) is 0 Å². The van der Waals surface area contributed by atoms with Gasteiger partial charge >= 0.3 is 5.82 Å². The van der Waals surface area contributed by atoms with Crippen LogP contribution in [0.25, 0.3) is 0 Å². The Kier molecular flexibility index (Phi) is 2.39. The van der Waals surface area contributed by atoms with Gasteiger partial charge in [0.05, 0.1) is 0 Å². The molecule has 12 heavy (non-hydrogen) atoms. The van der Waals surface area contributed by atoms with Crippen LogP contribution in [0.5, 0.6) is 0 Å². The van der Waals surface area contributed by atoms with E-state index in [1.165, 1.54) is 6.92 Å². The molecule has 0 aliphatic heterocycles. The molecule has 7 heteroatoms. The van der Waals surface area contributed by atoms with Crippen molar-refractivity contribution in [1.82, 2.24) is 4.98 Å². The minimum absolute atomic E-state index is 0.0618. The monoisotopic (exact) mass is 206 g/mol. The highest BCUT2D eigenvalue weighted by Crippen LogP contribution is 2.30. The standard InChI is InChI=1S/C5H3ClN2O3S/c1-2(9)5-7-4(8(10)11)3(6)12-5/h1H3. The lowest BCUT2D eigenvalue weighted by Crippen LogP contribution is -1.92. The third kappa shape index (κ3) is 1.59. The summed E-state index contributed by atoms with van der Waals surface area (Å²) in [5.41, 5.74) is 0. The number of rotatable bonds is 2. The van der Waals surface area contributed by atoms with Crippen LogP contribution in [0.4, 0.5) is 5.82 Å². The second kappa shape index (κ2) is 3.16. The summed E-state index contributed by atoms with van der Waals surface area (Å²) in [6, 6.07) is 0.